The van der Waals surface area contributed by atoms with Crippen LogP contribution in [0.1, 0.15) is 61.4 Å². The number of unbranched alkanes of at least 4 members (excludes halogenated alkanes) is 4. The largest absolute Gasteiger partial charge is 0.478 e. The molecule has 0 aliphatic rings. The van der Waals surface area contributed by atoms with E-state index in [1.807, 2.05) is 0 Å². The van der Waals surface area contributed by atoms with Crippen molar-refractivity contribution in [2.24, 2.45) is 0 Å². The van der Waals surface area contributed by atoms with Gasteiger partial charge in [0.2, 0.25) is 5.91 Å². The third kappa shape index (κ3) is 5.43. The number of carbonyl (C=O) groups is 2. The number of rotatable bonds is 8. The molecule has 20 heavy (non-hydrogen) atoms. The molecule has 1 amide bonds. The fraction of sp³-hybridized carbons (Fsp3) is 0.500. The van der Waals surface area contributed by atoms with Crippen LogP contribution in [0.25, 0.3) is 0 Å². The van der Waals surface area contributed by atoms with Gasteiger partial charge in [0.15, 0.2) is 0 Å². The first-order valence-electron chi connectivity index (χ1n) is 7.18. The molecule has 0 unspecified atom stereocenters. The molecule has 0 bridgehead atoms. The van der Waals surface area contributed by atoms with Crippen molar-refractivity contribution in [3.8, 4) is 0 Å². The Kier molecular flexibility index (Phi) is 6.77. The smallest absolute Gasteiger partial charge is 0.335 e. The fourth-order valence-corrected chi connectivity index (χ4v) is 2.04. The van der Waals surface area contributed by atoms with Gasteiger partial charge in [0.25, 0.3) is 0 Å². The first-order chi connectivity index (χ1) is 9.54. The number of carbonyl (C=O) groups excluding carboxylic acids is 1. The summed E-state index contributed by atoms with van der Waals surface area (Å²) >= 11 is 0. The maximum atomic E-state index is 11.8. The molecule has 2 N–H and O–H groups in total. The van der Waals surface area contributed by atoms with E-state index in [2.05, 4.69) is 12.2 Å². The molecule has 1 aromatic carbocycles. The van der Waals surface area contributed by atoms with Crippen molar-refractivity contribution < 1.29 is 14.7 Å². The van der Waals surface area contributed by atoms with Crippen molar-refractivity contribution in [1.82, 2.24) is 0 Å². The Morgan fingerprint density at radius 2 is 1.85 bits per heavy atom. The lowest BCUT2D eigenvalue weighted by atomic mass is 10.1. The van der Waals surface area contributed by atoms with Gasteiger partial charge in [-0.1, -0.05) is 32.6 Å². The van der Waals surface area contributed by atoms with Crippen LogP contribution in [0, 0.1) is 6.92 Å². The zero-order valence-electron chi connectivity index (χ0n) is 12.2. The number of hydrogen-bond donors (Lipinski definition) is 2. The minimum atomic E-state index is -0.957. The number of anilines is 1. The summed E-state index contributed by atoms with van der Waals surface area (Å²) in [5.41, 5.74) is 1.69. The van der Waals surface area contributed by atoms with E-state index in [4.69, 9.17) is 5.11 Å². The Bertz CT molecular complexity index is 469. The molecule has 0 heterocycles. The summed E-state index contributed by atoms with van der Waals surface area (Å²) in [6.07, 6.45) is 6.09. The van der Waals surface area contributed by atoms with Crippen LogP contribution in [-0.2, 0) is 4.79 Å². The molecule has 0 aliphatic carbocycles. The highest BCUT2D eigenvalue weighted by molar-refractivity contribution is 5.93. The molecule has 1 rings (SSSR count). The standard InChI is InChI=1S/C16H23NO3/c1-3-4-5-6-7-8-15(18)17-14-10-9-13(16(19)20)11-12(14)2/h9-11H,3-8H2,1-2H3,(H,17,18)(H,19,20). The maximum absolute atomic E-state index is 11.8. The van der Waals surface area contributed by atoms with Crippen LogP contribution >= 0.6 is 0 Å². The van der Waals surface area contributed by atoms with Gasteiger partial charge in [0.05, 0.1) is 5.56 Å². The van der Waals surface area contributed by atoms with Gasteiger partial charge in [-0.2, -0.15) is 0 Å². The van der Waals surface area contributed by atoms with Gasteiger partial charge >= 0.3 is 5.97 Å². The molecular weight excluding hydrogens is 254 g/mol. The summed E-state index contributed by atoms with van der Waals surface area (Å²) in [4.78, 5) is 22.6. The van der Waals surface area contributed by atoms with Gasteiger partial charge in [0.1, 0.15) is 0 Å². The van der Waals surface area contributed by atoms with E-state index in [-0.39, 0.29) is 11.5 Å². The van der Waals surface area contributed by atoms with Crippen LogP contribution in [0.3, 0.4) is 0 Å². The van der Waals surface area contributed by atoms with Crippen LogP contribution in [-0.4, -0.2) is 17.0 Å². The quantitative estimate of drug-likeness (QED) is 0.706. The van der Waals surface area contributed by atoms with Crippen LogP contribution in [0.5, 0.6) is 0 Å². The molecule has 0 radical (unpaired) electrons. The lowest BCUT2D eigenvalue weighted by molar-refractivity contribution is -0.116. The van der Waals surface area contributed by atoms with E-state index >= 15 is 0 Å². The summed E-state index contributed by atoms with van der Waals surface area (Å²) in [5.74, 6) is -0.963. The Balaban J connectivity index is 2.44. The maximum Gasteiger partial charge on any atom is 0.335 e. The average Bonchev–Trinajstić information content (AvgIpc) is 2.40. The fourth-order valence-electron chi connectivity index (χ4n) is 2.04. The molecule has 4 heteroatoms. The lowest BCUT2D eigenvalue weighted by Crippen LogP contribution is -2.12. The number of aromatic carboxylic acids is 1. The zero-order valence-corrected chi connectivity index (χ0v) is 12.2. The van der Waals surface area contributed by atoms with Gasteiger partial charge in [-0.05, 0) is 37.1 Å². The summed E-state index contributed by atoms with van der Waals surface area (Å²) in [5, 5.41) is 11.7. The Morgan fingerprint density at radius 3 is 2.45 bits per heavy atom. The molecule has 0 aromatic heterocycles. The van der Waals surface area contributed by atoms with E-state index in [1.165, 1.54) is 25.3 Å². The second-order valence-electron chi connectivity index (χ2n) is 5.05. The Labute approximate surface area is 120 Å². The number of hydrogen-bond acceptors (Lipinski definition) is 2. The van der Waals surface area contributed by atoms with E-state index in [9.17, 15) is 9.59 Å². The monoisotopic (exact) mass is 277 g/mol. The molecule has 0 fully saturated rings. The molecule has 0 atom stereocenters. The average molecular weight is 277 g/mol. The van der Waals surface area contributed by atoms with Crippen molar-refractivity contribution in [2.75, 3.05) is 5.32 Å². The highest BCUT2D eigenvalue weighted by Crippen LogP contribution is 2.17. The number of amides is 1. The first kappa shape index (κ1) is 16.2. The number of benzene rings is 1. The topological polar surface area (TPSA) is 66.4 Å². The van der Waals surface area contributed by atoms with E-state index in [0.29, 0.717) is 12.1 Å². The molecular formula is C16H23NO3. The molecule has 0 saturated heterocycles. The van der Waals surface area contributed by atoms with Gasteiger partial charge in [-0.15, -0.1) is 0 Å². The molecule has 110 valence electrons. The number of nitrogens with one attached hydrogen (secondary N) is 1. The minimum absolute atomic E-state index is 0.00678. The zero-order chi connectivity index (χ0) is 15.0. The molecule has 1 aromatic rings. The summed E-state index contributed by atoms with van der Waals surface area (Å²) < 4.78 is 0. The van der Waals surface area contributed by atoms with Crippen molar-refractivity contribution in [3.63, 3.8) is 0 Å². The predicted octanol–water partition coefficient (Wildman–Crippen LogP) is 3.99. The van der Waals surface area contributed by atoms with Gasteiger partial charge in [-0.25, -0.2) is 4.79 Å². The van der Waals surface area contributed by atoms with Crippen molar-refractivity contribution in [2.45, 2.75) is 52.4 Å². The van der Waals surface area contributed by atoms with Crippen LogP contribution < -0.4 is 5.32 Å². The molecule has 4 nitrogen and oxygen atoms in total. The third-order valence-electron chi connectivity index (χ3n) is 3.25. The second-order valence-corrected chi connectivity index (χ2v) is 5.05. The number of aryl methyl sites for hydroxylation is 1. The van der Waals surface area contributed by atoms with Gasteiger partial charge < -0.3 is 10.4 Å². The van der Waals surface area contributed by atoms with Crippen LogP contribution in [0.4, 0.5) is 5.69 Å². The highest BCUT2D eigenvalue weighted by atomic mass is 16.4. The number of carboxylic acid groups (broad SMARTS) is 1. The van der Waals surface area contributed by atoms with Crippen molar-refractivity contribution >= 4 is 17.6 Å². The van der Waals surface area contributed by atoms with Crippen molar-refractivity contribution in [3.05, 3.63) is 29.3 Å². The van der Waals surface area contributed by atoms with Crippen LogP contribution in [0.2, 0.25) is 0 Å². The van der Waals surface area contributed by atoms with E-state index in [1.54, 1.807) is 19.1 Å². The summed E-state index contributed by atoms with van der Waals surface area (Å²) in [6, 6.07) is 4.72. The minimum Gasteiger partial charge on any atom is -0.478 e. The Hall–Kier alpha value is -1.84. The van der Waals surface area contributed by atoms with E-state index in [0.717, 1.165) is 18.4 Å². The second kappa shape index (κ2) is 8.35. The number of carboxylic acids is 1. The summed E-state index contributed by atoms with van der Waals surface area (Å²) in [7, 11) is 0. The van der Waals surface area contributed by atoms with Gasteiger partial charge in [-0.3, -0.25) is 4.79 Å². The normalized spacial score (nSPS) is 10.3. The highest BCUT2D eigenvalue weighted by Gasteiger charge is 2.08. The predicted molar refractivity (Wildman–Crippen MR) is 80.1 cm³/mol. The molecule has 0 spiro atoms. The SMILES string of the molecule is CCCCCCCC(=O)Nc1ccc(C(=O)O)cc1C. The lowest BCUT2D eigenvalue weighted by Gasteiger charge is -2.09. The third-order valence-corrected chi connectivity index (χ3v) is 3.25. The summed E-state index contributed by atoms with van der Waals surface area (Å²) in [6.45, 7) is 3.96. The van der Waals surface area contributed by atoms with E-state index < -0.39 is 5.97 Å². The molecule has 0 aliphatic heterocycles. The first-order valence-corrected chi connectivity index (χ1v) is 7.18. The van der Waals surface area contributed by atoms with Crippen molar-refractivity contribution in [1.29, 1.82) is 0 Å². The Morgan fingerprint density at radius 1 is 1.15 bits per heavy atom. The molecule has 0 saturated carbocycles. The van der Waals surface area contributed by atoms with Gasteiger partial charge in [0, 0.05) is 12.1 Å². The van der Waals surface area contributed by atoms with Crippen LogP contribution in [0.15, 0.2) is 18.2 Å².